The number of rotatable bonds is 9. The number of thioether (sulfide) groups is 1. The molecule has 0 bridgehead atoms. The first-order chi connectivity index (χ1) is 22.4. The van der Waals surface area contributed by atoms with Gasteiger partial charge in [0.25, 0.3) is 0 Å². The summed E-state index contributed by atoms with van der Waals surface area (Å²) < 4.78 is 19.4. The summed E-state index contributed by atoms with van der Waals surface area (Å²) in [5.74, 6) is 0.721. The van der Waals surface area contributed by atoms with Crippen LogP contribution in [-0.4, -0.2) is 71.4 Å². The maximum absolute atomic E-state index is 12.0. The molecule has 244 valence electrons. The number of nitrogens with zero attached hydrogens (tertiary/aromatic N) is 3. The van der Waals surface area contributed by atoms with Crippen molar-refractivity contribution in [3.63, 3.8) is 0 Å². The molecule has 2 fully saturated rings. The number of ether oxygens (including phenoxy) is 3. The first kappa shape index (κ1) is 31.7. The van der Waals surface area contributed by atoms with E-state index in [0.717, 1.165) is 79.7 Å². The van der Waals surface area contributed by atoms with Gasteiger partial charge in [-0.25, -0.2) is 14.8 Å². The minimum absolute atomic E-state index is 0.164. The molecule has 4 aliphatic rings. The Kier molecular flexibility index (Phi) is 9.46. The van der Waals surface area contributed by atoms with Crippen molar-refractivity contribution in [2.45, 2.75) is 79.9 Å². The van der Waals surface area contributed by atoms with E-state index in [1.165, 1.54) is 11.1 Å². The minimum atomic E-state index is -0.924. The van der Waals surface area contributed by atoms with E-state index in [4.69, 9.17) is 25.8 Å². The van der Waals surface area contributed by atoms with Gasteiger partial charge in [-0.2, -0.15) is 0 Å². The summed E-state index contributed by atoms with van der Waals surface area (Å²) in [6, 6.07) is 13.4. The van der Waals surface area contributed by atoms with Gasteiger partial charge in [-0.1, -0.05) is 36.4 Å². The molecule has 8 nitrogen and oxygen atoms in total. The molecule has 1 saturated heterocycles. The monoisotopic (exact) mass is 663 g/mol. The first-order valence-electron chi connectivity index (χ1n) is 16.6. The lowest BCUT2D eigenvalue weighted by Gasteiger charge is -2.47. The number of benzene rings is 2. The van der Waals surface area contributed by atoms with Crippen LogP contribution in [0.4, 0.5) is 5.69 Å². The van der Waals surface area contributed by atoms with E-state index in [2.05, 4.69) is 33.9 Å². The van der Waals surface area contributed by atoms with Crippen LogP contribution in [0.2, 0.25) is 5.02 Å². The zero-order valence-corrected chi connectivity index (χ0v) is 27.8. The highest BCUT2D eigenvalue weighted by Crippen LogP contribution is 2.47. The predicted octanol–water partition coefficient (Wildman–Crippen LogP) is 7.07. The third-order valence-corrected chi connectivity index (χ3v) is 11.6. The van der Waals surface area contributed by atoms with Crippen molar-refractivity contribution in [3.8, 4) is 5.75 Å². The van der Waals surface area contributed by atoms with E-state index in [1.54, 1.807) is 36.3 Å². The lowest BCUT2D eigenvalue weighted by atomic mass is 9.67. The number of carboxylic acids is 1. The predicted molar refractivity (Wildman–Crippen MR) is 179 cm³/mol. The quantitative estimate of drug-likeness (QED) is 0.191. The van der Waals surface area contributed by atoms with Crippen LogP contribution in [0.3, 0.4) is 0 Å². The molecule has 2 unspecified atom stereocenters. The average molecular weight is 664 g/mol. The topological polar surface area (TPSA) is 94.0 Å². The Morgan fingerprint density at radius 3 is 2.87 bits per heavy atom. The van der Waals surface area contributed by atoms with Crippen molar-refractivity contribution >= 4 is 35.0 Å². The van der Waals surface area contributed by atoms with Crippen LogP contribution in [0.15, 0.2) is 60.0 Å². The van der Waals surface area contributed by atoms with Crippen LogP contribution < -0.4 is 9.64 Å². The van der Waals surface area contributed by atoms with Gasteiger partial charge in [0, 0.05) is 54.2 Å². The Labute approximate surface area is 280 Å². The molecule has 3 aromatic rings. The molecule has 1 saturated carbocycles. The number of halogens is 1. The average Bonchev–Trinajstić information content (AvgIpc) is 3.19. The third kappa shape index (κ3) is 6.75. The van der Waals surface area contributed by atoms with E-state index in [1.807, 2.05) is 18.2 Å². The SMILES string of the molecule is CC(CO[C@@H]1CCO[C@@H]([C@@H]2CC[C@H]2CN2CC3(CCCc4cc(Cl)ccc43)COc3ccc(C(=O)O)cc32)C1)Sc1ncccn1. The summed E-state index contributed by atoms with van der Waals surface area (Å²) in [5.41, 5.74) is 3.58. The van der Waals surface area contributed by atoms with E-state index in [-0.39, 0.29) is 28.4 Å². The van der Waals surface area contributed by atoms with Crippen molar-refractivity contribution < 1.29 is 24.1 Å². The molecule has 1 aromatic heterocycles. The second kappa shape index (κ2) is 13.7. The van der Waals surface area contributed by atoms with Crippen molar-refractivity contribution in [1.29, 1.82) is 0 Å². The van der Waals surface area contributed by atoms with Crippen LogP contribution in [0.5, 0.6) is 5.75 Å². The first-order valence-corrected chi connectivity index (χ1v) is 17.8. The molecule has 2 aliphatic carbocycles. The smallest absolute Gasteiger partial charge is 0.335 e. The Morgan fingerprint density at radius 1 is 1.20 bits per heavy atom. The standard InChI is InChI=1S/C36H42ClN3O5S/c1-23(46-35-38-13-3-14-39-35)20-44-28-11-15-43-33(18-28)29-8-5-26(29)19-40-21-36(12-2-4-24-16-27(37)7-9-30(24)36)22-45-32-10-6-25(34(41)42)17-31(32)40/h3,6-7,9-10,13-14,16-17,23,26,28-29,33H,2,4-5,8,11-12,15,18-22H2,1H3,(H,41,42)/t23?,26-,28+,29+,33+,36?/m0/s1. The van der Waals surface area contributed by atoms with Gasteiger partial charge in [-0.15, -0.1) is 0 Å². The fourth-order valence-electron chi connectivity index (χ4n) is 7.92. The lowest BCUT2D eigenvalue weighted by molar-refractivity contribution is -0.116. The molecule has 1 N–H and O–H groups in total. The molecule has 7 rings (SSSR count). The van der Waals surface area contributed by atoms with Gasteiger partial charge < -0.3 is 24.2 Å². The van der Waals surface area contributed by atoms with Crippen LogP contribution >= 0.6 is 23.4 Å². The number of carbonyl (C=O) groups is 1. The highest BCUT2D eigenvalue weighted by molar-refractivity contribution is 7.99. The van der Waals surface area contributed by atoms with E-state index in [9.17, 15) is 9.90 Å². The zero-order valence-electron chi connectivity index (χ0n) is 26.3. The van der Waals surface area contributed by atoms with Crippen molar-refractivity contribution in [3.05, 3.63) is 76.6 Å². The Bertz CT molecular complexity index is 1550. The number of fused-ring (bicyclic) bond motifs is 3. The maximum atomic E-state index is 12.0. The molecule has 3 heterocycles. The molecule has 1 spiro atoms. The van der Waals surface area contributed by atoms with Gasteiger partial charge in [0.2, 0.25) is 0 Å². The fourth-order valence-corrected chi connectivity index (χ4v) is 8.86. The van der Waals surface area contributed by atoms with Crippen LogP contribution in [0, 0.1) is 11.8 Å². The van der Waals surface area contributed by atoms with E-state index < -0.39 is 5.97 Å². The molecule has 2 aromatic carbocycles. The molecule has 0 radical (unpaired) electrons. The van der Waals surface area contributed by atoms with Gasteiger partial charge in [-0.05, 0) is 97.9 Å². The number of hydrogen-bond donors (Lipinski definition) is 1. The Morgan fingerprint density at radius 2 is 2.07 bits per heavy atom. The van der Waals surface area contributed by atoms with E-state index >= 15 is 0 Å². The molecular formula is C36H42ClN3O5S. The summed E-state index contributed by atoms with van der Waals surface area (Å²) in [6.07, 6.45) is 11.1. The molecule has 0 amide bonds. The lowest BCUT2D eigenvalue weighted by Crippen LogP contribution is -2.50. The summed E-state index contributed by atoms with van der Waals surface area (Å²) in [6.45, 7) is 5.70. The van der Waals surface area contributed by atoms with Crippen molar-refractivity contribution in [1.82, 2.24) is 9.97 Å². The number of carboxylic acid groups (broad SMARTS) is 1. The largest absolute Gasteiger partial charge is 0.490 e. The highest BCUT2D eigenvalue weighted by atomic mass is 35.5. The van der Waals surface area contributed by atoms with Gasteiger partial charge in [0.05, 0.1) is 36.7 Å². The highest BCUT2D eigenvalue weighted by Gasteiger charge is 2.45. The van der Waals surface area contributed by atoms with Gasteiger partial charge in [0.15, 0.2) is 5.16 Å². The maximum Gasteiger partial charge on any atom is 0.335 e. The number of anilines is 1. The third-order valence-electron chi connectivity index (χ3n) is 10.4. The zero-order chi connectivity index (χ0) is 31.7. The summed E-state index contributed by atoms with van der Waals surface area (Å²) in [4.78, 5) is 23.1. The van der Waals surface area contributed by atoms with E-state index in [0.29, 0.717) is 31.7 Å². The number of aromatic carboxylic acids is 1. The molecule has 6 atom stereocenters. The summed E-state index contributed by atoms with van der Waals surface area (Å²) in [7, 11) is 0. The van der Waals surface area contributed by atoms with Crippen molar-refractivity contribution in [2.75, 3.05) is 37.8 Å². The fraction of sp³-hybridized carbons (Fsp3) is 0.528. The molecule has 10 heteroatoms. The number of aromatic nitrogens is 2. The molecular weight excluding hydrogens is 622 g/mol. The Hall–Kier alpha value is -2.85. The second-order valence-corrected chi connectivity index (χ2v) is 15.3. The summed E-state index contributed by atoms with van der Waals surface area (Å²) in [5, 5.41) is 11.7. The second-order valence-electron chi connectivity index (χ2n) is 13.4. The van der Waals surface area contributed by atoms with Gasteiger partial charge in [0.1, 0.15) is 5.75 Å². The molecule has 46 heavy (non-hydrogen) atoms. The van der Waals surface area contributed by atoms with Crippen LogP contribution in [0.1, 0.15) is 66.9 Å². The van der Waals surface area contributed by atoms with Gasteiger partial charge >= 0.3 is 5.97 Å². The normalized spacial score (nSPS) is 27.9. The van der Waals surface area contributed by atoms with Crippen LogP contribution in [-0.2, 0) is 21.3 Å². The summed E-state index contributed by atoms with van der Waals surface area (Å²) >= 11 is 8.07. The minimum Gasteiger partial charge on any atom is -0.490 e. The number of aryl methyl sites for hydroxylation is 1. The molecule has 2 aliphatic heterocycles. The Balaban J connectivity index is 1.06. The number of hydrogen-bond acceptors (Lipinski definition) is 8. The van der Waals surface area contributed by atoms with Crippen LogP contribution in [0.25, 0.3) is 0 Å². The van der Waals surface area contributed by atoms with Gasteiger partial charge in [-0.3, -0.25) is 0 Å². The van der Waals surface area contributed by atoms with Crippen molar-refractivity contribution in [2.24, 2.45) is 11.8 Å².